The van der Waals surface area contributed by atoms with Gasteiger partial charge in [-0.2, -0.15) is 0 Å². The highest BCUT2D eigenvalue weighted by Gasteiger charge is 2.21. The molecule has 0 bridgehead atoms. The van der Waals surface area contributed by atoms with Crippen molar-refractivity contribution in [2.45, 2.75) is 39.3 Å². The van der Waals surface area contributed by atoms with E-state index in [4.69, 9.17) is 14.0 Å². The first-order chi connectivity index (χ1) is 11.8. The minimum Gasteiger partial charge on any atom is -0.493 e. The van der Waals surface area contributed by atoms with Crippen LogP contribution in [0, 0.1) is 0 Å². The van der Waals surface area contributed by atoms with Crippen molar-refractivity contribution in [2.75, 3.05) is 14.2 Å². The molecule has 0 unspecified atom stereocenters. The van der Waals surface area contributed by atoms with Gasteiger partial charge in [-0.1, -0.05) is 12.1 Å². The summed E-state index contributed by atoms with van der Waals surface area (Å²) in [5, 5.41) is 6.66. The van der Waals surface area contributed by atoms with Gasteiger partial charge in [0.15, 0.2) is 17.3 Å². The second-order valence-electron chi connectivity index (χ2n) is 6.21. The average molecular weight is 349 g/mol. The van der Waals surface area contributed by atoms with Crippen LogP contribution in [0.5, 0.6) is 11.5 Å². The Morgan fingerprint density at radius 1 is 1.28 bits per heavy atom. The van der Waals surface area contributed by atoms with Gasteiger partial charge < -0.3 is 14.8 Å². The number of nitrogens with zero attached hydrogens (tertiary/aromatic N) is 2. The summed E-state index contributed by atoms with van der Waals surface area (Å²) < 4.78 is 16.4. The highest BCUT2D eigenvalue weighted by atomic mass is 16.5. The van der Waals surface area contributed by atoms with E-state index in [9.17, 15) is 9.59 Å². The second kappa shape index (κ2) is 7.42. The van der Waals surface area contributed by atoms with Crippen LogP contribution in [0.4, 0.5) is 0 Å². The van der Waals surface area contributed by atoms with Gasteiger partial charge in [0.2, 0.25) is 5.91 Å². The van der Waals surface area contributed by atoms with Crippen LogP contribution in [-0.4, -0.2) is 35.4 Å². The Morgan fingerprint density at radius 2 is 1.96 bits per heavy atom. The Bertz CT molecular complexity index is 807. The average Bonchev–Trinajstić information content (AvgIpc) is 2.94. The second-order valence-corrected chi connectivity index (χ2v) is 6.21. The fourth-order valence-corrected chi connectivity index (χ4v) is 2.24. The third-order valence-electron chi connectivity index (χ3n) is 3.99. The summed E-state index contributed by atoms with van der Waals surface area (Å²) in [5.74, 6) is 0.285. The minimum atomic E-state index is -0.700. The lowest BCUT2D eigenvalue weighted by Crippen LogP contribution is -2.45. The van der Waals surface area contributed by atoms with E-state index in [1.165, 1.54) is 18.8 Å². The van der Waals surface area contributed by atoms with Crippen molar-refractivity contribution >= 4 is 5.91 Å². The number of rotatable bonds is 7. The quantitative estimate of drug-likeness (QED) is 0.819. The molecule has 1 heterocycles. The van der Waals surface area contributed by atoms with E-state index in [1.807, 2.05) is 20.8 Å². The van der Waals surface area contributed by atoms with Crippen molar-refractivity contribution in [3.8, 4) is 22.9 Å². The molecule has 0 saturated carbocycles. The molecule has 2 aromatic rings. The highest BCUT2D eigenvalue weighted by Crippen LogP contribution is 2.31. The van der Waals surface area contributed by atoms with E-state index in [0.29, 0.717) is 17.1 Å². The molecule has 1 amide bonds. The molecule has 0 saturated heterocycles. The van der Waals surface area contributed by atoms with E-state index < -0.39 is 5.76 Å². The van der Waals surface area contributed by atoms with E-state index in [1.54, 1.807) is 18.2 Å². The number of amides is 1. The number of methoxy groups -OCH3 is 2. The van der Waals surface area contributed by atoms with Crippen molar-refractivity contribution in [3.05, 3.63) is 28.7 Å². The molecule has 0 aliphatic carbocycles. The first kappa shape index (κ1) is 18.6. The lowest BCUT2D eigenvalue weighted by atomic mass is 10.0. The van der Waals surface area contributed by atoms with Gasteiger partial charge in [-0.25, -0.2) is 9.36 Å². The lowest BCUT2D eigenvalue weighted by molar-refractivity contribution is -0.123. The van der Waals surface area contributed by atoms with Crippen molar-refractivity contribution in [1.82, 2.24) is 15.0 Å². The van der Waals surface area contributed by atoms with Gasteiger partial charge in [0.05, 0.1) is 14.2 Å². The number of hydrogen-bond acceptors (Lipinski definition) is 6. The smallest absolute Gasteiger partial charge is 0.442 e. The monoisotopic (exact) mass is 349 g/mol. The number of carbonyl (C=O) groups is 1. The van der Waals surface area contributed by atoms with Crippen molar-refractivity contribution in [2.24, 2.45) is 0 Å². The maximum atomic E-state index is 12.3. The molecule has 1 aromatic heterocycles. The van der Waals surface area contributed by atoms with E-state index in [0.717, 1.165) is 6.42 Å². The zero-order valence-corrected chi connectivity index (χ0v) is 15.1. The molecule has 8 nitrogen and oxygen atoms in total. The molecule has 0 aliphatic heterocycles. The number of benzene rings is 1. The van der Waals surface area contributed by atoms with E-state index in [2.05, 4.69) is 10.5 Å². The van der Waals surface area contributed by atoms with Crippen LogP contribution in [0.25, 0.3) is 11.4 Å². The molecule has 1 aromatic carbocycles. The summed E-state index contributed by atoms with van der Waals surface area (Å²) in [4.78, 5) is 24.2. The van der Waals surface area contributed by atoms with Crippen molar-refractivity contribution in [3.63, 3.8) is 0 Å². The van der Waals surface area contributed by atoms with Gasteiger partial charge in [-0.15, -0.1) is 0 Å². The molecule has 0 atom stereocenters. The zero-order chi connectivity index (χ0) is 18.6. The summed E-state index contributed by atoms with van der Waals surface area (Å²) >= 11 is 0. The standard InChI is InChI=1S/C17H23N3O5/c1-6-17(2,3)18-14(21)10-20-15(19-25-16(20)22)11-7-8-12(23-4)13(9-11)24-5/h7-9H,6,10H2,1-5H3,(H,18,21). The first-order valence-corrected chi connectivity index (χ1v) is 7.91. The largest absolute Gasteiger partial charge is 0.493 e. The van der Waals surface area contributed by atoms with Crippen molar-refractivity contribution in [1.29, 1.82) is 0 Å². The van der Waals surface area contributed by atoms with Gasteiger partial charge in [0.1, 0.15) is 6.54 Å². The summed E-state index contributed by atoms with van der Waals surface area (Å²) in [6.07, 6.45) is 0.764. The van der Waals surface area contributed by atoms with Gasteiger partial charge in [0, 0.05) is 11.1 Å². The Labute approximate surface area is 145 Å². The molecule has 2 rings (SSSR count). The highest BCUT2D eigenvalue weighted by molar-refractivity contribution is 5.77. The Kier molecular flexibility index (Phi) is 5.51. The third kappa shape index (κ3) is 4.20. The predicted octanol–water partition coefficient (Wildman–Crippen LogP) is 1.83. The maximum Gasteiger partial charge on any atom is 0.442 e. The predicted molar refractivity (Wildman–Crippen MR) is 91.8 cm³/mol. The molecule has 0 spiro atoms. The first-order valence-electron chi connectivity index (χ1n) is 7.91. The summed E-state index contributed by atoms with van der Waals surface area (Å²) in [6, 6.07) is 5.07. The molecule has 25 heavy (non-hydrogen) atoms. The molecule has 1 N–H and O–H groups in total. The fourth-order valence-electron chi connectivity index (χ4n) is 2.24. The van der Waals surface area contributed by atoms with Gasteiger partial charge in [-0.3, -0.25) is 9.32 Å². The van der Waals surface area contributed by atoms with Crippen LogP contribution >= 0.6 is 0 Å². The molecule has 0 aliphatic rings. The SMILES string of the molecule is CCC(C)(C)NC(=O)Cn1c(-c2ccc(OC)c(OC)c2)noc1=O. The topological polar surface area (TPSA) is 95.6 Å². The molecule has 0 radical (unpaired) electrons. The Balaban J connectivity index is 2.33. The van der Waals surface area contributed by atoms with Crippen LogP contribution in [0.1, 0.15) is 27.2 Å². The summed E-state index contributed by atoms with van der Waals surface area (Å²) in [6.45, 7) is 5.61. The van der Waals surface area contributed by atoms with Crippen LogP contribution in [0.3, 0.4) is 0 Å². The number of carbonyl (C=O) groups excluding carboxylic acids is 1. The minimum absolute atomic E-state index is 0.185. The van der Waals surface area contributed by atoms with Gasteiger partial charge in [0.25, 0.3) is 0 Å². The Hall–Kier alpha value is -2.77. The summed E-state index contributed by atoms with van der Waals surface area (Å²) in [7, 11) is 3.04. The molecular weight excluding hydrogens is 326 g/mol. The Morgan fingerprint density at radius 3 is 2.56 bits per heavy atom. The molecule has 136 valence electrons. The maximum absolute atomic E-state index is 12.3. The van der Waals surface area contributed by atoms with Crippen LogP contribution < -0.4 is 20.5 Å². The lowest BCUT2D eigenvalue weighted by Gasteiger charge is -2.24. The van der Waals surface area contributed by atoms with Crippen LogP contribution in [-0.2, 0) is 11.3 Å². The fraction of sp³-hybridized carbons (Fsp3) is 0.471. The molecule has 8 heteroatoms. The number of nitrogens with one attached hydrogen (secondary N) is 1. The van der Waals surface area contributed by atoms with Gasteiger partial charge >= 0.3 is 5.76 Å². The van der Waals surface area contributed by atoms with Crippen molar-refractivity contribution < 1.29 is 18.8 Å². The van der Waals surface area contributed by atoms with Gasteiger partial charge in [-0.05, 0) is 38.5 Å². The third-order valence-corrected chi connectivity index (χ3v) is 3.99. The number of aromatic nitrogens is 2. The summed E-state index contributed by atoms with van der Waals surface area (Å²) in [5.41, 5.74) is 0.215. The van der Waals surface area contributed by atoms with E-state index in [-0.39, 0.29) is 23.8 Å². The van der Waals surface area contributed by atoms with Crippen LogP contribution in [0.15, 0.2) is 27.5 Å². The van der Waals surface area contributed by atoms with Crippen LogP contribution in [0.2, 0.25) is 0 Å². The zero-order valence-electron chi connectivity index (χ0n) is 15.1. The van der Waals surface area contributed by atoms with E-state index >= 15 is 0 Å². The molecular formula is C17H23N3O5. The number of ether oxygens (including phenoxy) is 2. The number of hydrogen-bond donors (Lipinski definition) is 1. The molecule has 0 fully saturated rings. The normalized spacial score (nSPS) is 11.2.